The Morgan fingerprint density at radius 2 is 1.91 bits per heavy atom. The molecule has 0 fully saturated rings. The molecule has 4 aromatic heterocycles. The van der Waals surface area contributed by atoms with E-state index in [2.05, 4.69) is 25.7 Å². The van der Waals surface area contributed by atoms with Crippen molar-refractivity contribution in [2.45, 2.75) is 25.4 Å². The first-order valence-electron chi connectivity index (χ1n) is 11.3. The van der Waals surface area contributed by atoms with Gasteiger partial charge in [-0.3, -0.25) is 19.3 Å². The summed E-state index contributed by atoms with van der Waals surface area (Å²) in [6.07, 6.45) is 8.39. The molecule has 8 nitrogen and oxygen atoms in total. The number of para-hydroxylation sites is 1. The van der Waals surface area contributed by atoms with Gasteiger partial charge in [0, 0.05) is 54.7 Å². The van der Waals surface area contributed by atoms with Crippen molar-refractivity contribution in [2.24, 2.45) is 0 Å². The van der Waals surface area contributed by atoms with Gasteiger partial charge in [0.15, 0.2) is 5.82 Å². The van der Waals surface area contributed by atoms with Crippen molar-refractivity contribution in [3.8, 4) is 0 Å². The minimum atomic E-state index is -0.772. The minimum absolute atomic E-state index is 0.275. The number of thiophene rings is 1. The topological polar surface area (TPSA) is 105 Å². The van der Waals surface area contributed by atoms with Crippen LogP contribution in [-0.4, -0.2) is 37.6 Å². The van der Waals surface area contributed by atoms with Crippen molar-refractivity contribution < 1.29 is 9.59 Å². The summed E-state index contributed by atoms with van der Waals surface area (Å²) in [5.41, 5.74) is 3.10. The largest absolute Gasteiger partial charge is 0.361 e. The Morgan fingerprint density at radius 1 is 1.06 bits per heavy atom. The number of nitrogens with one attached hydrogen (secondary N) is 3. The highest BCUT2D eigenvalue weighted by Gasteiger charge is 2.24. The van der Waals surface area contributed by atoms with Gasteiger partial charge in [-0.1, -0.05) is 24.3 Å². The lowest BCUT2D eigenvalue weighted by Gasteiger charge is -2.17. The second kappa shape index (κ2) is 10.4. The molecule has 0 aliphatic rings. The standard InChI is InChI=1S/C26H24N6O2S/c33-25(30-24-10-14-32(31-24)13-9-18-7-11-27-12-8-18)22(29-26(34)23-6-3-15-35-23)16-19-17-28-21-5-2-1-4-20(19)21/h1-8,10-12,14-15,17,22,28H,9,13,16H2,(H,29,34)(H,30,31,33). The SMILES string of the molecule is O=C(NC(Cc1c[nH]c2ccccc12)C(=O)Nc1ccn(CCc2ccncc2)n1)c1cccs1. The van der Waals surface area contributed by atoms with Gasteiger partial charge in [0.25, 0.3) is 5.91 Å². The zero-order valence-corrected chi connectivity index (χ0v) is 19.7. The van der Waals surface area contributed by atoms with E-state index in [1.165, 1.54) is 11.3 Å². The van der Waals surface area contributed by atoms with Gasteiger partial charge < -0.3 is 15.6 Å². The molecule has 0 aliphatic heterocycles. The summed E-state index contributed by atoms with van der Waals surface area (Å²) in [6, 6.07) is 16.4. The van der Waals surface area contributed by atoms with Crippen LogP contribution in [0.4, 0.5) is 5.82 Å². The van der Waals surface area contributed by atoms with Crippen LogP contribution < -0.4 is 10.6 Å². The Morgan fingerprint density at radius 3 is 2.74 bits per heavy atom. The number of H-pyrrole nitrogens is 1. The van der Waals surface area contributed by atoms with Gasteiger partial charge in [-0.15, -0.1) is 11.3 Å². The Bertz CT molecular complexity index is 1420. The number of fused-ring (bicyclic) bond motifs is 1. The van der Waals surface area contributed by atoms with Crippen LogP contribution in [-0.2, 0) is 24.2 Å². The highest BCUT2D eigenvalue weighted by atomic mass is 32.1. The first-order valence-corrected chi connectivity index (χ1v) is 12.2. The molecule has 5 rings (SSSR count). The third-order valence-corrected chi connectivity index (χ3v) is 6.61. The van der Waals surface area contributed by atoms with E-state index in [4.69, 9.17) is 0 Å². The first kappa shape index (κ1) is 22.5. The van der Waals surface area contributed by atoms with E-state index in [0.717, 1.165) is 28.5 Å². The number of carbonyl (C=O) groups is 2. The molecular formula is C26H24N6O2S. The molecule has 0 saturated heterocycles. The fourth-order valence-corrected chi connectivity index (χ4v) is 4.55. The number of amides is 2. The van der Waals surface area contributed by atoms with Gasteiger partial charge in [0.05, 0.1) is 4.88 Å². The number of rotatable bonds is 9. The van der Waals surface area contributed by atoms with Crippen molar-refractivity contribution in [1.29, 1.82) is 0 Å². The molecule has 1 aromatic carbocycles. The lowest BCUT2D eigenvalue weighted by atomic mass is 10.0. The number of aromatic amines is 1. The lowest BCUT2D eigenvalue weighted by molar-refractivity contribution is -0.118. The molecule has 2 amide bonds. The van der Waals surface area contributed by atoms with Gasteiger partial charge >= 0.3 is 0 Å². The van der Waals surface area contributed by atoms with Crippen LogP contribution in [0.15, 0.2) is 84.8 Å². The third kappa shape index (κ3) is 5.47. The summed E-state index contributed by atoms with van der Waals surface area (Å²) in [7, 11) is 0. The summed E-state index contributed by atoms with van der Waals surface area (Å²) in [6.45, 7) is 0.674. The van der Waals surface area contributed by atoms with Crippen molar-refractivity contribution >= 4 is 39.9 Å². The molecule has 1 atom stereocenters. The lowest BCUT2D eigenvalue weighted by Crippen LogP contribution is -2.45. The van der Waals surface area contributed by atoms with Gasteiger partial charge in [-0.05, 0) is 47.2 Å². The van der Waals surface area contributed by atoms with E-state index in [9.17, 15) is 9.59 Å². The maximum Gasteiger partial charge on any atom is 0.262 e. The van der Waals surface area contributed by atoms with Crippen LogP contribution in [0.2, 0.25) is 0 Å². The molecule has 176 valence electrons. The minimum Gasteiger partial charge on any atom is -0.361 e. The number of anilines is 1. The molecule has 0 spiro atoms. The fourth-order valence-electron chi connectivity index (χ4n) is 3.93. The van der Waals surface area contributed by atoms with Crippen LogP contribution >= 0.6 is 11.3 Å². The number of aromatic nitrogens is 4. The number of hydrogen-bond acceptors (Lipinski definition) is 5. The average Bonchev–Trinajstić information content (AvgIpc) is 3.65. The molecule has 35 heavy (non-hydrogen) atoms. The number of carbonyl (C=O) groups excluding carboxylic acids is 2. The predicted octanol–water partition coefficient (Wildman–Crippen LogP) is 4.04. The average molecular weight is 485 g/mol. The molecule has 5 aromatic rings. The summed E-state index contributed by atoms with van der Waals surface area (Å²) >= 11 is 1.34. The van der Waals surface area contributed by atoms with Crippen molar-refractivity contribution in [3.63, 3.8) is 0 Å². The number of pyridine rings is 1. The molecule has 0 radical (unpaired) electrons. The predicted molar refractivity (Wildman–Crippen MR) is 136 cm³/mol. The molecule has 0 aliphatic carbocycles. The number of benzene rings is 1. The maximum atomic E-state index is 13.3. The zero-order chi connectivity index (χ0) is 24.0. The highest BCUT2D eigenvalue weighted by molar-refractivity contribution is 7.12. The van der Waals surface area contributed by atoms with Crippen LogP contribution in [0, 0.1) is 0 Å². The van der Waals surface area contributed by atoms with E-state index in [-0.39, 0.29) is 11.8 Å². The number of hydrogen-bond donors (Lipinski definition) is 3. The van der Waals surface area contributed by atoms with Gasteiger partial charge in [-0.25, -0.2) is 0 Å². The number of aryl methyl sites for hydroxylation is 2. The second-order valence-corrected chi connectivity index (χ2v) is 9.07. The van der Waals surface area contributed by atoms with Crippen LogP contribution in [0.25, 0.3) is 10.9 Å². The van der Waals surface area contributed by atoms with Gasteiger partial charge in [0.1, 0.15) is 6.04 Å². The smallest absolute Gasteiger partial charge is 0.262 e. The van der Waals surface area contributed by atoms with Gasteiger partial charge in [-0.2, -0.15) is 5.10 Å². The normalized spacial score (nSPS) is 11.9. The molecule has 3 N–H and O–H groups in total. The molecule has 0 bridgehead atoms. The molecule has 1 unspecified atom stereocenters. The van der Waals surface area contributed by atoms with Crippen LogP contribution in [0.5, 0.6) is 0 Å². The summed E-state index contributed by atoms with van der Waals surface area (Å²) in [5, 5.41) is 13.1. The molecule has 4 heterocycles. The summed E-state index contributed by atoms with van der Waals surface area (Å²) < 4.78 is 1.79. The van der Waals surface area contributed by atoms with Crippen LogP contribution in [0.1, 0.15) is 20.8 Å². The fraction of sp³-hybridized carbons (Fsp3) is 0.154. The van der Waals surface area contributed by atoms with E-state index >= 15 is 0 Å². The summed E-state index contributed by atoms with van der Waals surface area (Å²) in [5.74, 6) is -0.151. The van der Waals surface area contributed by atoms with E-state index < -0.39 is 6.04 Å². The Balaban J connectivity index is 1.30. The third-order valence-electron chi connectivity index (χ3n) is 5.74. The van der Waals surface area contributed by atoms with Crippen molar-refractivity contribution in [1.82, 2.24) is 25.1 Å². The van der Waals surface area contributed by atoms with E-state index in [1.807, 2.05) is 60.2 Å². The van der Waals surface area contributed by atoms with Gasteiger partial charge in [0.2, 0.25) is 5.91 Å². The van der Waals surface area contributed by atoms with E-state index in [1.54, 1.807) is 29.2 Å². The molecule has 0 saturated carbocycles. The maximum absolute atomic E-state index is 13.3. The zero-order valence-electron chi connectivity index (χ0n) is 18.8. The van der Waals surface area contributed by atoms with Crippen LogP contribution in [0.3, 0.4) is 0 Å². The molecule has 9 heteroatoms. The monoisotopic (exact) mass is 484 g/mol. The van der Waals surface area contributed by atoms with Crippen molar-refractivity contribution in [2.75, 3.05) is 5.32 Å². The quantitative estimate of drug-likeness (QED) is 0.294. The Hall–Kier alpha value is -4.24. The Kier molecular flexibility index (Phi) is 6.67. The molecular weight excluding hydrogens is 460 g/mol. The first-order chi connectivity index (χ1) is 17.2. The van der Waals surface area contributed by atoms with E-state index in [0.29, 0.717) is 23.7 Å². The summed E-state index contributed by atoms with van der Waals surface area (Å²) in [4.78, 5) is 33.9. The highest BCUT2D eigenvalue weighted by Crippen LogP contribution is 2.20. The second-order valence-electron chi connectivity index (χ2n) is 8.13. The number of nitrogens with zero attached hydrogens (tertiary/aromatic N) is 3. The Labute approximate surface area is 206 Å². The van der Waals surface area contributed by atoms with Crippen molar-refractivity contribution in [3.05, 3.63) is 101 Å².